The summed E-state index contributed by atoms with van der Waals surface area (Å²) in [6.45, 7) is 7.50. The molecule has 1 aliphatic rings. The molecule has 24 heavy (non-hydrogen) atoms. The van der Waals surface area contributed by atoms with E-state index in [-0.39, 0.29) is 23.0 Å². The number of likely N-dealkylation sites (N-methyl/N-ethyl adjacent to an activating group) is 1. The summed E-state index contributed by atoms with van der Waals surface area (Å²) in [5.74, 6) is -0.302. The summed E-state index contributed by atoms with van der Waals surface area (Å²) in [4.78, 5) is 16.5. The predicted octanol–water partition coefficient (Wildman–Crippen LogP) is 3.32. The molecule has 1 fully saturated rings. The first kappa shape index (κ1) is 19.0. The first-order valence-electron chi connectivity index (χ1n) is 7.91. The minimum absolute atomic E-state index is 0.104. The predicted molar refractivity (Wildman–Crippen MR) is 88.3 cm³/mol. The number of halogens is 4. The molecular formula is C16H21ClF3N3O. The number of nitrogens with zero attached hydrogens (tertiary/aromatic N) is 2. The monoisotopic (exact) mass is 363 g/mol. The lowest BCUT2D eigenvalue weighted by Crippen LogP contribution is -2.46. The SMILES string of the molecule is CCN1CCN(CCC(=O)Nc2ccc(Cl)c(C(F)(F)F)c2)CC1. The summed E-state index contributed by atoms with van der Waals surface area (Å²) in [7, 11) is 0. The molecule has 0 saturated carbocycles. The molecule has 1 aromatic carbocycles. The van der Waals surface area contributed by atoms with Crippen molar-refractivity contribution in [2.45, 2.75) is 19.5 Å². The van der Waals surface area contributed by atoms with Crippen LogP contribution < -0.4 is 5.32 Å². The summed E-state index contributed by atoms with van der Waals surface area (Å²) >= 11 is 5.56. The van der Waals surface area contributed by atoms with Gasteiger partial charge in [0.1, 0.15) is 0 Å². The van der Waals surface area contributed by atoms with Crippen molar-refractivity contribution in [2.24, 2.45) is 0 Å². The molecule has 134 valence electrons. The maximum Gasteiger partial charge on any atom is 0.417 e. The van der Waals surface area contributed by atoms with Gasteiger partial charge in [-0.25, -0.2) is 0 Å². The highest BCUT2D eigenvalue weighted by Crippen LogP contribution is 2.36. The van der Waals surface area contributed by atoms with Crippen LogP contribution in [0.25, 0.3) is 0 Å². The van der Waals surface area contributed by atoms with E-state index in [0.29, 0.717) is 6.54 Å². The second-order valence-electron chi connectivity index (χ2n) is 5.77. The van der Waals surface area contributed by atoms with Gasteiger partial charge in [0.25, 0.3) is 0 Å². The number of hydrogen-bond acceptors (Lipinski definition) is 3. The second-order valence-corrected chi connectivity index (χ2v) is 6.17. The minimum atomic E-state index is -4.54. The molecule has 1 saturated heterocycles. The van der Waals surface area contributed by atoms with E-state index in [4.69, 9.17) is 11.6 Å². The van der Waals surface area contributed by atoms with Crippen LogP contribution >= 0.6 is 11.6 Å². The highest BCUT2D eigenvalue weighted by molar-refractivity contribution is 6.31. The van der Waals surface area contributed by atoms with Gasteiger partial charge in [-0.15, -0.1) is 0 Å². The molecule has 0 unspecified atom stereocenters. The standard InChI is InChI=1S/C16H21ClF3N3O/c1-2-22-7-9-23(10-8-22)6-5-15(24)21-12-3-4-14(17)13(11-12)16(18,19)20/h3-4,11H,2,5-10H2,1H3,(H,21,24). The van der Waals surface area contributed by atoms with Gasteiger partial charge in [0.2, 0.25) is 5.91 Å². The molecular weight excluding hydrogens is 343 g/mol. The largest absolute Gasteiger partial charge is 0.417 e. The molecule has 0 aromatic heterocycles. The van der Waals surface area contributed by atoms with Crippen LogP contribution in [0.1, 0.15) is 18.9 Å². The molecule has 0 spiro atoms. The summed E-state index contributed by atoms with van der Waals surface area (Å²) in [5.41, 5.74) is -0.842. The Morgan fingerprint density at radius 3 is 2.42 bits per heavy atom. The molecule has 1 aromatic rings. The molecule has 0 bridgehead atoms. The molecule has 0 radical (unpaired) electrons. The summed E-state index contributed by atoms with van der Waals surface area (Å²) in [6.07, 6.45) is -4.30. The Kier molecular flexibility index (Phi) is 6.48. The normalized spacial score (nSPS) is 17.0. The summed E-state index contributed by atoms with van der Waals surface area (Å²) < 4.78 is 38.4. The molecule has 1 N–H and O–H groups in total. The number of piperazine rings is 1. The number of carbonyl (C=O) groups is 1. The van der Waals surface area contributed by atoms with Crippen molar-refractivity contribution in [1.82, 2.24) is 9.80 Å². The van der Waals surface area contributed by atoms with E-state index < -0.39 is 11.7 Å². The molecule has 8 heteroatoms. The van der Waals surface area contributed by atoms with Crippen molar-refractivity contribution >= 4 is 23.2 Å². The van der Waals surface area contributed by atoms with Crippen LogP contribution in [0.15, 0.2) is 18.2 Å². The average molecular weight is 364 g/mol. The fraction of sp³-hybridized carbons (Fsp3) is 0.562. The Labute approximate surface area is 144 Å². The minimum Gasteiger partial charge on any atom is -0.326 e. The first-order valence-corrected chi connectivity index (χ1v) is 8.28. The maximum absolute atomic E-state index is 12.8. The van der Waals surface area contributed by atoms with Crippen LogP contribution in [0, 0.1) is 0 Å². The zero-order valence-electron chi connectivity index (χ0n) is 13.5. The van der Waals surface area contributed by atoms with Crippen molar-refractivity contribution in [3.63, 3.8) is 0 Å². The van der Waals surface area contributed by atoms with Gasteiger partial charge in [0.05, 0.1) is 10.6 Å². The van der Waals surface area contributed by atoms with E-state index in [1.807, 2.05) is 0 Å². The van der Waals surface area contributed by atoms with Gasteiger partial charge in [0, 0.05) is 44.8 Å². The van der Waals surface area contributed by atoms with Gasteiger partial charge in [-0.2, -0.15) is 13.2 Å². The lowest BCUT2D eigenvalue weighted by atomic mass is 10.2. The van der Waals surface area contributed by atoms with Crippen LogP contribution in [-0.4, -0.2) is 55.0 Å². The van der Waals surface area contributed by atoms with E-state index in [2.05, 4.69) is 22.0 Å². The van der Waals surface area contributed by atoms with E-state index in [0.717, 1.165) is 44.9 Å². The van der Waals surface area contributed by atoms with Gasteiger partial charge < -0.3 is 15.1 Å². The number of rotatable bonds is 5. The molecule has 1 amide bonds. The second kappa shape index (κ2) is 8.18. The Morgan fingerprint density at radius 2 is 1.83 bits per heavy atom. The molecule has 1 aliphatic heterocycles. The van der Waals surface area contributed by atoms with Gasteiger partial charge in [-0.05, 0) is 24.7 Å². The third-order valence-electron chi connectivity index (χ3n) is 4.12. The Bertz CT molecular complexity index is 572. The number of alkyl halides is 3. The quantitative estimate of drug-likeness (QED) is 0.871. The van der Waals surface area contributed by atoms with Crippen molar-refractivity contribution in [3.8, 4) is 0 Å². The van der Waals surface area contributed by atoms with Gasteiger partial charge in [0.15, 0.2) is 0 Å². The lowest BCUT2D eigenvalue weighted by Gasteiger charge is -2.33. The summed E-state index contributed by atoms with van der Waals surface area (Å²) in [5, 5.41) is 2.13. The van der Waals surface area contributed by atoms with Crippen molar-refractivity contribution in [2.75, 3.05) is 44.6 Å². The maximum atomic E-state index is 12.8. The number of nitrogens with one attached hydrogen (secondary N) is 1. The third-order valence-corrected chi connectivity index (χ3v) is 4.45. The van der Waals surface area contributed by atoms with E-state index in [1.165, 1.54) is 6.07 Å². The first-order chi connectivity index (χ1) is 11.3. The number of benzene rings is 1. The van der Waals surface area contributed by atoms with Crippen molar-refractivity contribution in [1.29, 1.82) is 0 Å². The molecule has 0 atom stereocenters. The molecule has 1 heterocycles. The fourth-order valence-corrected chi connectivity index (χ4v) is 2.86. The van der Waals surface area contributed by atoms with E-state index >= 15 is 0 Å². The van der Waals surface area contributed by atoms with Crippen LogP contribution in [-0.2, 0) is 11.0 Å². The van der Waals surface area contributed by atoms with Gasteiger partial charge in [-0.3, -0.25) is 4.79 Å². The van der Waals surface area contributed by atoms with Gasteiger partial charge in [-0.1, -0.05) is 18.5 Å². The van der Waals surface area contributed by atoms with E-state index in [9.17, 15) is 18.0 Å². The van der Waals surface area contributed by atoms with Gasteiger partial charge >= 0.3 is 6.18 Å². The Morgan fingerprint density at radius 1 is 1.21 bits per heavy atom. The zero-order valence-corrected chi connectivity index (χ0v) is 14.3. The molecule has 0 aliphatic carbocycles. The highest BCUT2D eigenvalue weighted by atomic mass is 35.5. The number of carbonyl (C=O) groups excluding carboxylic acids is 1. The van der Waals surface area contributed by atoms with Crippen LogP contribution in [0.2, 0.25) is 5.02 Å². The smallest absolute Gasteiger partial charge is 0.326 e. The van der Waals surface area contributed by atoms with Crippen molar-refractivity contribution in [3.05, 3.63) is 28.8 Å². The average Bonchev–Trinajstić information content (AvgIpc) is 2.54. The zero-order chi connectivity index (χ0) is 17.7. The topological polar surface area (TPSA) is 35.6 Å². The Balaban J connectivity index is 1.85. The molecule has 2 rings (SSSR count). The third kappa shape index (κ3) is 5.36. The van der Waals surface area contributed by atoms with Crippen molar-refractivity contribution < 1.29 is 18.0 Å². The Hall–Kier alpha value is -1.31. The summed E-state index contributed by atoms with van der Waals surface area (Å²) in [6, 6.07) is 3.37. The lowest BCUT2D eigenvalue weighted by molar-refractivity contribution is -0.137. The number of anilines is 1. The van der Waals surface area contributed by atoms with Crippen LogP contribution in [0.3, 0.4) is 0 Å². The molecule has 4 nitrogen and oxygen atoms in total. The van der Waals surface area contributed by atoms with Crippen LogP contribution in [0.4, 0.5) is 18.9 Å². The van der Waals surface area contributed by atoms with E-state index in [1.54, 1.807) is 0 Å². The number of hydrogen-bond donors (Lipinski definition) is 1. The highest BCUT2D eigenvalue weighted by Gasteiger charge is 2.33. The number of amides is 1. The fourth-order valence-electron chi connectivity index (χ4n) is 2.63. The van der Waals surface area contributed by atoms with Crippen LogP contribution in [0.5, 0.6) is 0 Å².